The number of carbonyl (C=O) groups excluding carboxylic acids is 1. The molecule has 2 aromatic rings. The average Bonchev–Trinajstić information content (AvgIpc) is 2.89. The number of rotatable bonds is 4. The van der Waals surface area contributed by atoms with Crippen LogP contribution >= 0.6 is 22.9 Å². The van der Waals surface area contributed by atoms with Gasteiger partial charge in [0.2, 0.25) is 0 Å². The number of ether oxygens (including phenoxy) is 1. The Balaban J connectivity index is 2.29. The largest absolute Gasteiger partial charge is 0.465 e. The Morgan fingerprint density at radius 1 is 1.58 bits per heavy atom. The van der Waals surface area contributed by atoms with Crippen molar-refractivity contribution in [2.45, 2.75) is 6.54 Å². The van der Waals surface area contributed by atoms with E-state index < -0.39 is 5.97 Å². The number of benzene rings is 1. The molecule has 1 aromatic carbocycles. The Kier molecular flexibility index (Phi) is 4.24. The predicted molar refractivity (Wildman–Crippen MR) is 76.6 cm³/mol. The van der Waals surface area contributed by atoms with E-state index in [0.29, 0.717) is 28.5 Å². The summed E-state index contributed by atoms with van der Waals surface area (Å²) in [5.41, 5.74) is 8.66. The summed E-state index contributed by atoms with van der Waals surface area (Å²) in [5, 5.41) is 3.49. The highest BCUT2D eigenvalue weighted by molar-refractivity contribution is 7.09. The van der Waals surface area contributed by atoms with E-state index in [9.17, 15) is 4.79 Å². The molecular weight excluding hydrogens is 286 g/mol. The highest BCUT2D eigenvalue weighted by Gasteiger charge is 2.16. The molecule has 1 aromatic heterocycles. The van der Waals surface area contributed by atoms with Crippen LogP contribution in [0, 0.1) is 0 Å². The van der Waals surface area contributed by atoms with Crippen LogP contribution in [0.2, 0.25) is 5.02 Å². The number of thiazole rings is 1. The van der Waals surface area contributed by atoms with Gasteiger partial charge in [-0.3, -0.25) is 4.98 Å². The molecule has 100 valence electrons. The number of nitrogens with two attached hydrogens (primary N) is 1. The van der Waals surface area contributed by atoms with Gasteiger partial charge in [0.1, 0.15) is 0 Å². The zero-order valence-electron chi connectivity index (χ0n) is 10.1. The lowest BCUT2D eigenvalue weighted by atomic mass is 10.1. The fraction of sp³-hybridized carbons (Fsp3) is 0.167. The van der Waals surface area contributed by atoms with Crippen molar-refractivity contribution in [1.29, 1.82) is 0 Å². The molecule has 0 saturated heterocycles. The Labute approximate surface area is 119 Å². The van der Waals surface area contributed by atoms with Crippen LogP contribution in [0.5, 0.6) is 0 Å². The molecule has 0 atom stereocenters. The van der Waals surface area contributed by atoms with Crippen molar-refractivity contribution in [3.63, 3.8) is 0 Å². The topological polar surface area (TPSA) is 77.2 Å². The molecule has 0 unspecified atom stereocenters. The van der Waals surface area contributed by atoms with Gasteiger partial charge in [-0.05, 0) is 12.1 Å². The van der Waals surface area contributed by atoms with Crippen molar-refractivity contribution in [3.8, 4) is 0 Å². The van der Waals surface area contributed by atoms with Crippen molar-refractivity contribution in [2.75, 3.05) is 18.2 Å². The third kappa shape index (κ3) is 3.15. The molecule has 3 N–H and O–H groups in total. The first-order valence-corrected chi connectivity index (χ1v) is 6.66. The molecule has 0 aliphatic rings. The predicted octanol–water partition coefficient (Wildman–Crippen LogP) is 2.78. The fourth-order valence-corrected chi connectivity index (χ4v) is 2.41. The number of esters is 1. The number of anilines is 2. The van der Waals surface area contributed by atoms with E-state index in [0.717, 1.165) is 4.88 Å². The van der Waals surface area contributed by atoms with Gasteiger partial charge in [-0.25, -0.2) is 4.79 Å². The van der Waals surface area contributed by atoms with Crippen LogP contribution in [0.15, 0.2) is 23.8 Å². The van der Waals surface area contributed by atoms with E-state index in [1.165, 1.54) is 24.5 Å². The Morgan fingerprint density at radius 3 is 3.00 bits per heavy atom. The Hall–Kier alpha value is -1.79. The molecule has 0 radical (unpaired) electrons. The van der Waals surface area contributed by atoms with Crippen molar-refractivity contribution in [1.82, 2.24) is 4.98 Å². The SMILES string of the molecule is COC(=O)c1cc(N)cc(Cl)c1NCc1cncs1. The van der Waals surface area contributed by atoms with Crippen LogP contribution in [-0.4, -0.2) is 18.1 Å². The van der Waals surface area contributed by atoms with Gasteiger partial charge in [-0.15, -0.1) is 11.3 Å². The molecule has 0 saturated carbocycles. The molecule has 1 heterocycles. The van der Waals surface area contributed by atoms with Gasteiger partial charge >= 0.3 is 5.97 Å². The first-order chi connectivity index (χ1) is 9.11. The number of hydrogen-bond donors (Lipinski definition) is 2. The van der Waals surface area contributed by atoms with Gasteiger partial charge in [0, 0.05) is 16.8 Å². The zero-order chi connectivity index (χ0) is 13.8. The van der Waals surface area contributed by atoms with Gasteiger partial charge in [0.15, 0.2) is 0 Å². The van der Waals surface area contributed by atoms with Gasteiger partial charge in [-0.1, -0.05) is 11.6 Å². The number of methoxy groups -OCH3 is 1. The summed E-state index contributed by atoms with van der Waals surface area (Å²) in [6.07, 6.45) is 1.75. The second-order valence-corrected chi connectivity index (χ2v) is 5.12. The fourth-order valence-electron chi connectivity index (χ4n) is 1.58. The number of hydrogen-bond acceptors (Lipinski definition) is 6. The molecule has 0 fully saturated rings. The number of aromatic nitrogens is 1. The summed E-state index contributed by atoms with van der Waals surface area (Å²) in [6.45, 7) is 0.526. The smallest absolute Gasteiger partial charge is 0.340 e. The molecule has 0 aliphatic carbocycles. The zero-order valence-corrected chi connectivity index (χ0v) is 11.7. The summed E-state index contributed by atoms with van der Waals surface area (Å²) in [5.74, 6) is -0.485. The highest BCUT2D eigenvalue weighted by atomic mass is 35.5. The van der Waals surface area contributed by atoms with E-state index >= 15 is 0 Å². The lowest BCUT2D eigenvalue weighted by Crippen LogP contribution is -2.09. The highest BCUT2D eigenvalue weighted by Crippen LogP contribution is 2.30. The van der Waals surface area contributed by atoms with Crippen molar-refractivity contribution < 1.29 is 9.53 Å². The van der Waals surface area contributed by atoms with Gasteiger partial charge in [-0.2, -0.15) is 0 Å². The Morgan fingerprint density at radius 2 is 2.37 bits per heavy atom. The number of halogens is 1. The lowest BCUT2D eigenvalue weighted by Gasteiger charge is -2.12. The third-order valence-electron chi connectivity index (χ3n) is 2.44. The van der Waals surface area contributed by atoms with Crippen LogP contribution < -0.4 is 11.1 Å². The van der Waals surface area contributed by atoms with Gasteiger partial charge in [0.05, 0.1) is 35.4 Å². The second-order valence-electron chi connectivity index (χ2n) is 3.74. The lowest BCUT2D eigenvalue weighted by molar-refractivity contribution is 0.0602. The molecule has 7 heteroatoms. The van der Waals surface area contributed by atoms with Crippen molar-refractivity contribution in [2.24, 2.45) is 0 Å². The number of nitrogen functional groups attached to an aromatic ring is 1. The van der Waals surface area contributed by atoms with Crippen LogP contribution in [-0.2, 0) is 11.3 Å². The maximum atomic E-state index is 11.7. The van der Waals surface area contributed by atoms with Crippen LogP contribution in [0.4, 0.5) is 11.4 Å². The maximum Gasteiger partial charge on any atom is 0.340 e. The van der Waals surface area contributed by atoms with Crippen LogP contribution in [0.25, 0.3) is 0 Å². The molecule has 0 amide bonds. The number of carbonyl (C=O) groups is 1. The molecule has 19 heavy (non-hydrogen) atoms. The first kappa shape index (κ1) is 13.6. The number of nitrogens with zero attached hydrogens (tertiary/aromatic N) is 1. The van der Waals surface area contributed by atoms with Crippen LogP contribution in [0.1, 0.15) is 15.2 Å². The monoisotopic (exact) mass is 297 g/mol. The van der Waals surface area contributed by atoms with Crippen molar-refractivity contribution >= 4 is 40.3 Å². The summed E-state index contributed by atoms with van der Waals surface area (Å²) in [7, 11) is 1.31. The normalized spacial score (nSPS) is 10.2. The maximum absolute atomic E-state index is 11.7. The summed E-state index contributed by atoms with van der Waals surface area (Å²) in [4.78, 5) is 16.7. The Bertz CT molecular complexity index is 587. The first-order valence-electron chi connectivity index (χ1n) is 5.40. The van der Waals surface area contributed by atoms with Gasteiger partial charge in [0.25, 0.3) is 0 Å². The minimum absolute atomic E-state index is 0.317. The molecule has 5 nitrogen and oxygen atoms in total. The minimum Gasteiger partial charge on any atom is -0.465 e. The second kappa shape index (κ2) is 5.90. The molecule has 0 bridgehead atoms. The third-order valence-corrected chi connectivity index (χ3v) is 3.52. The standard InChI is InChI=1S/C12H12ClN3O2S/c1-18-12(17)9-2-7(14)3-10(13)11(9)16-5-8-4-15-6-19-8/h2-4,6,16H,5,14H2,1H3. The molecule has 0 aliphatic heterocycles. The van der Waals surface area contributed by atoms with Crippen molar-refractivity contribution in [3.05, 3.63) is 39.3 Å². The molecular formula is C12H12ClN3O2S. The van der Waals surface area contributed by atoms with Crippen LogP contribution in [0.3, 0.4) is 0 Å². The average molecular weight is 298 g/mol. The number of nitrogens with one attached hydrogen (secondary N) is 1. The van der Waals surface area contributed by atoms with E-state index in [4.69, 9.17) is 22.1 Å². The molecule has 0 spiro atoms. The minimum atomic E-state index is -0.485. The summed E-state index contributed by atoms with van der Waals surface area (Å²) >= 11 is 7.63. The van der Waals surface area contributed by atoms with E-state index in [2.05, 4.69) is 10.3 Å². The van der Waals surface area contributed by atoms with E-state index in [-0.39, 0.29) is 0 Å². The van der Waals surface area contributed by atoms with Gasteiger partial charge < -0.3 is 15.8 Å². The quantitative estimate of drug-likeness (QED) is 0.670. The molecule has 2 rings (SSSR count). The summed E-state index contributed by atoms with van der Waals surface area (Å²) in [6, 6.07) is 3.12. The van der Waals surface area contributed by atoms with E-state index in [1.54, 1.807) is 17.8 Å². The van der Waals surface area contributed by atoms with E-state index in [1.807, 2.05) is 0 Å². The summed E-state index contributed by atoms with van der Waals surface area (Å²) < 4.78 is 4.72.